The zero-order valence-electron chi connectivity index (χ0n) is 14.5. The van der Waals surface area contributed by atoms with Crippen molar-refractivity contribution in [2.45, 2.75) is 31.6 Å². The van der Waals surface area contributed by atoms with Crippen LogP contribution in [0.1, 0.15) is 24.8 Å². The van der Waals surface area contributed by atoms with Crippen molar-refractivity contribution in [1.29, 1.82) is 0 Å². The Bertz CT molecular complexity index is 683. The third-order valence-electron chi connectivity index (χ3n) is 3.99. The number of thiophene rings is 1. The van der Waals surface area contributed by atoms with Crippen molar-refractivity contribution in [2.75, 3.05) is 37.0 Å². The summed E-state index contributed by atoms with van der Waals surface area (Å²) in [7, 11) is 0. The number of thioether (sulfide) groups is 1. The van der Waals surface area contributed by atoms with Crippen molar-refractivity contribution in [2.24, 2.45) is 0 Å². The number of nitrogens with one attached hydrogen (secondary N) is 1. The maximum Gasteiger partial charge on any atom is 0.230 e. The quantitative estimate of drug-likeness (QED) is 0.741. The Hall–Kier alpha value is -1.58. The number of carbonyl (C=O) groups is 1. The molecule has 0 aromatic carbocycles. The average Bonchev–Trinajstić information content (AvgIpc) is 3.30. The Morgan fingerprint density at radius 2 is 2.24 bits per heavy atom. The third-order valence-corrected chi connectivity index (χ3v) is 6.01. The number of carbonyl (C=O) groups excluding carboxylic acids is 1. The summed E-state index contributed by atoms with van der Waals surface area (Å²) in [5.41, 5.74) is 0. The van der Waals surface area contributed by atoms with E-state index in [9.17, 15) is 4.79 Å². The van der Waals surface area contributed by atoms with Gasteiger partial charge in [0.15, 0.2) is 5.16 Å². The molecule has 1 atom stereocenters. The molecule has 25 heavy (non-hydrogen) atoms. The van der Waals surface area contributed by atoms with Crippen molar-refractivity contribution < 1.29 is 9.53 Å². The topological polar surface area (TPSA) is 72.3 Å². The van der Waals surface area contributed by atoms with Crippen LogP contribution in [-0.4, -0.2) is 52.7 Å². The molecule has 0 saturated carbocycles. The van der Waals surface area contributed by atoms with Gasteiger partial charge in [-0.3, -0.25) is 9.36 Å². The summed E-state index contributed by atoms with van der Waals surface area (Å²) >= 11 is 3.08. The van der Waals surface area contributed by atoms with E-state index in [4.69, 9.17) is 4.74 Å². The van der Waals surface area contributed by atoms with E-state index in [0.717, 1.165) is 35.6 Å². The van der Waals surface area contributed by atoms with Gasteiger partial charge >= 0.3 is 0 Å². The fourth-order valence-electron chi connectivity index (χ4n) is 2.68. The summed E-state index contributed by atoms with van der Waals surface area (Å²) in [4.78, 5) is 15.6. The standard InChI is InChI=1S/C16H23N5O2S2/c1-3-21-15(20-6-8-23-9-7-20)18-19-16(21)25-11-14(22)17-12(2)13-5-4-10-24-13/h4-5,10,12H,3,6-9,11H2,1-2H3,(H,17,22)/t12-/m0/s1. The lowest BCUT2D eigenvalue weighted by atomic mass is 10.3. The molecule has 1 aliphatic heterocycles. The van der Waals surface area contributed by atoms with E-state index in [1.165, 1.54) is 11.8 Å². The number of hydrogen-bond donors (Lipinski definition) is 1. The number of rotatable bonds is 7. The molecule has 0 spiro atoms. The Labute approximate surface area is 155 Å². The maximum absolute atomic E-state index is 12.2. The SMILES string of the molecule is CCn1c(SCC(=O)N[C@@H](C)c2cccs2)nnc1N1CCOCC1. The van der Waals surface area contributed by atoms with Crippen LogP contribution in [0.25, 0.3) is 0 Å². The molecule has 1 aliphatic rings. The predicted molar refractivity (Wildman–Crippen MR) is 100 cm³/mol. The highest BCUT2D eigenvalue weighted by atomic mass is 32.2. The first kappa shape index (κ1) is 18.2. The molecule has 2 aromatic rings. The van der Waals surface area contributed by atoms with Gasteiger partial charge in [0.05, 0.1) is 25.0 Å². The van der Waals surface area contributed by atoms with Crippen LogP contribution in [0.15, 0.2) is 22.7 Å². The van der Waals surface area contributed by atoms with Crippen LogP contribution in [0.2, 0.25) is 0 Å². The Kier molecular flexibility index (Phi) is 6.33. The summed E-state index contributed by atoms with van der Waals surface area (Å²) in [6, 6.07) is 4.06. The van der Waals surface area contributed by atoms with Gasteiger partial charge in [0.1, 0.15) is 0 Å². The number of nitrogens with zero attached hydrogens (tertiary/aromatic N) is 4. The minimum absolute atomic E-state index is 0.00414. The normalized spacial score (nSPS) is 16.0. The second-order valence-corrected chi connectivity index (χ2v) is 7.64. The van der Waals surface area contributed by atoms with E-state index in [0.29, 0.717) is 19.0 Å². The van der Waals surface area contributed by atoms with Gasteiger partial charge in [-0.25, -0.2) is 0 Å². The first-order valence-corrected chi connectivity index (χ1v) is 10.3. The number of amides is 1. The fraction of sp³-hybridized carbons (Fsp3) is 0.562. The summed E-state index contributed by atoms with van der Waals surface area (Å²) in [5, 5.41) is 14.4. The molecule has 7 nitrogen and oxygen atoms in total. The van der Waals surface area contributed by atoms with Gasteiger partial charge in [0, 0.05) is 24.5 Å². The van der Waals surface area contributed by atoms with Gasteiger partial charge in [0.25, 0.3) is 0 Å². The number of ether oxygens (including phenoxy) is 1. The molecule has 1 saturated heterocycles. The summed E-state index contributed by atoms with van der Waals surface area (Å²) < 4.78 is 7.45. The zero-order valence-corrected chi connectivity index (χ0v) is 16.1. The first-order valence-electron chi connectivity index (χ1n) is 8.40. The van der Waals surface area contributed by atoms with E-state index >= 15 is 0 Å². The molecule has 0 bridgehead atoms. The van der Waals surface area contributed by atoms with Crippen molar-refractivity contribution in [3.8, 4) is 0 Å². The summed E-state index contributed by atoms with van der Waals surface area (Å²) in [6.45, 7) is 7.90. The van der Waals surface area contributed by atoms with Crippen LogP contribution in [0.4, 0.5) is 5.95 Å². The van der Waals surface area contributed by atoms with E-state index in [1.54, 1.807) is 11.3 Å². The number of hydrogen-bond acceptors (Lipinski definition) is 7. The number of morpholine rings is 1. The van der Waals surface area contributed by atoms with Crippen molar-refractivity contribution in [3.63, 3.8) is 0 Å². The molecule has 9 heteroatoms. The minimum Gasteiger partial charge on any atom is -0.378 e. The molecule has 3 rings (SSSR count). The van der Waals surface area contributed by atoms with Crippen molar-refractivity contribution >= 4 is 35.0 Å². The molecule has 3 heterocycles. The lowest BCUT2D eigenvalue weighted by molar-refractivity contribution is -0.119. The summed E-state index contributed by atoms with van der Waals surface area (Å²) in [6.07, 6.45) is 0. The maximum atomic E-state index is 12.2. The Morgan fingerprint density at radius 1 is 1.44 bits per heavy atom. The lowest BCUT2D eigenvalue weighted by Gasteiger charge is -2.27. The minimum atomic E-state index is 0.00414. The monoisotopic (exact) mass is 381 g/mol. The van der Waals surface area contributed by atoms with E-state index in [-0.39, 0.29) is 11.9 Å². The van der Waals surface area contributed by atoms with Crippen LogP contribution in [0.5, 0.6) is 0 Å². The Balaban J connectivity index is 1.57. The molecule has 0 radical (unpaired) electrons. The Morgan fingerprint density at radius 3 is 2.92 bits per heavy atom. The van der Waals surface area contributed by atoms with E-state index < -0.39 is 0 Å². The van der Waals surface area contributed by atoms with Crippen LogP contribution >= 0.6 is 23.1 Å². The van der Waals surface area contributed by atoms with Gasteiger partial charge in [-0.2, -0.15) is 0 Å². The third kappa shape index (κ3) is 4.53. The van der Waals surface area contributed by atoms with E-state index in [1.807, 2.05) is 24.4 Å². The van der Waals surface area contributed by atoms with Gasteiger partial charge in [-0.15, -0.1) is 21.5 Å². The van der Waals surface area contributed by atoms with Gasteiger partial charge in [-0.05, 0) is 25.3 Å². The van der Waals surface area contributed by atoms with Crippen LogP contribution < -0.4 is 10.2 Å². The highest BCUT2D eigenvalue weighted by molar-refractivity contribution is 7.99. The first-order chi connectivity index (χ1) is 12.2. The fourth-order valence-corrected chi connectivity index (χ4v) is 4.23. The largest absolute Gasteiger partial charge is 0.378 e. The van der Waals surface area contributed by atoms with Crippen LogP contribution in [0, 0.1) is 0 Å². The van der Waals surface area contributed by atoms with Crippen molar-refractivity contribution in [3.05, 3.63) is 22.4 Å². The second-order valence-electron chi connectivity index (χ2n) is 5.72. The van der Waals surface area contributed by atoms with Gasteiger partial charge < -0.3 is 15.0 Å². The smallest absolute Gasteiger partial charge is 0.230 e. The second kappa shape index (κ2) is 8.68. The predicted octanol–water partition coefficient (Wildman–Crippen LogP) is 2.17. The summed E-state index contributed by atoms with van der Waals surface area (Å²) in [5.74, 6) is 1.20. The zero-order chi connectivity index (χ0) is 17.6. The van der Waals surface area contributed by atoms with Gasteiger partial charge in [-0.1, -0.05) is 17.8 Å². The molecule has 1 amide bonds. The van der Waals surface area contributed by atoms with Crippen LogP contribution in [0.3, 0.4) is 0 Å². The number of anilines is 1. The highest BCUT2D eigenvalue weighted by Crippen LogP contribution is 2.23. The molecule has 0 unspecified atom stereocenters. The highest BCUT2D eigenvalue weighted by Gasteiger charge is 2.20. The lowest BCUT2D eigenvalue weighted by Crippen LogP contribution is -2.38. The van der Waals surface area contributed by atoms with Gasteiger partial charge in [0.2, 0.25) is 11.9 Å². The molecular formula is C16H23N5O2S2. The molecule has 2 aromatic heterocycles. The molecule has 1 N–H and O–H groups in total. The van der Waals surface area contributed by atoms with Crippen LogP contribution in [-0.2, 0) is 16.1 Å². The average molecular weight is 382 g/mol. The molecule has 1 fully saturated rings. The molecule has 0 aliphatic carbocycles. The molecule has 136 valence electrons. The van der Waals surface area contributed by atoms with Crippen molar-refractivity contribution in [1.82, 2.24) is 20.1 Å². The number of aromatic nitrogens is 3. The van der Waals surface area contributed by atoms with E-state index in [2.05, 4.69) is 31.9 Å². The molecular weight excluding hydrogens is 358 g/mol.